The maximum atomic E-state index is 12.9. The molecular weight excluding hydrogens is 428 g/mol. The number of aliphatic hydroxyl groups is 1. The van der Waals surface area contributed by atoms with E-state index in [2.05, 4.69) is 39.5 Å². The highest BCUT2D eigenvalue weighted by molar-refractivity contribution is 5.99. The van der Waals surface area contributed by atoms with Gasteiger partial charge in [-0.2, -0.15) is 0 Å². The fraction of sp³-hybridized carbons (Fsp3) is 0.556. The topological polar surface area (TPSA) is 101 Å². The number of nitrogens with zero attached hydrogens (tertiary/aromatic N) is 2. The average Bonchev–Trinajstić information content (AvgIpc) is 3.37. The molecule has 1 saturated carbocycles. The third-order valence-electron chi connectivity index (χ3n) is 7.84. The second-order valence-electron chi connectivity index (χ2n) is 10.1. The van der Waals surface area contributed by atoms with Crippen molar-refractivity contribution in [3.8, 4) is 11.1 Å². The Balaban J connectivity index is 1.24. The van der Waals surface area contributed by atoms with E-state index in [0.717, 1.165) is 76.0 Å². The second-order valence-corrected chi connectivity index (χ2v) is 10.1. The Kier molecular flexibility index (Phi) is 7.13. The van der Waals surface area contributed by atoms with Crippen molar-refractivity contribution >= 4 is 11.7 Å². The van der Waals surface area contributed by atoms with Gasteiger partial charge in [0, 0.05) is 43.6 Å². The quantitative estimate of drug-likeness (QED) is 0.628. The molecular formula is C27H36N4O3. The number of aromatic nitrogens is 1. The van der Waals surface area contributed by atoms with Gasteiger partial charge in [-0.3, -0.25) is 9.69 Å². The predicted molar refractivity (Wildman–Crippen MR) is 133 cm³/mol. The van der Waals surface area contributed by atoms with Crippen LogP contribution in [-0.4, -0.2) is 65.4 Å². The standard InChI is InChI=1S/C27H36N4O3/c28-26-25(27(33)30-22-5-7-24(32)8-6-22)15-21(16-29-26)19-3-1-18(2-4-19)20-9-12-31(17-20)23-10-13-34-14-11-23/h1-4,15-16,20,22-24,32H,5-14,17H2,(H2,28,29)(H,30,33)/t20?,22-,24+. The van der Waals surface area contributed by atoms with Crippen molar-refractivity contribution in [3.05, 3.63) is 47.7 Å². The van der Waals surface area contributed by atoms with Crippen LogP contribution in [0.15, 0.2) is 36.5 Å². The number of aliphatic hydroxyl groups excluding tert-OH is 1. The normalized spacial score (nSPS) is 26.4. The van der Waals surface area contributed by atoms with Crippen LogP contribution in [0.3, 0.4) is 0 Å². The number of anilines is 1. The number of carbonyl (C=O) groups is 1. The summed E-state index contributed by atoms with van der Waals surface area (Å²) in [6.07, 6.45) is 7.99. The fourth-order valence-corrected chi connectivity index (χ4v) is 5.69. The van der Waals surface area contributed by atoms with Crippen LogP contribution in [0.5, 0.6) is 0 Å². The summed E-state index contributed by atoms with van der Waals surface area (Å²) < 4.78 is 5.52. The van der Waals surface area contributed by atoms with Gasteiger partial charge in [-0.15, -0.1) is 0 Å². The third-order valence-corrected chi connectivity index (χ3v) is 7.84. The van der Waals surface area contributed by atoms with E-state index >= 15 is 0 Å². The molecule has 1 amide bonds. The first-order valence-electron chi connectivity index (χ1n) is 12.7. The summed E-state index contributed by atoms with van der Waals surface area (Å²) in [5, 5.41) is 12.8. The molecule has 2 aliphatic heterocycles. The summed E-state index contributed by atoms with van der Waals surface area (Å²) in [5.74, 6) is 0.619. The lowest BCUT2D eigenvalue weighted by molar-refractivity contribution is 0.0419. The van der Waals surface area contributed by atoms with E-state index in [1.807, 2.05) is 6.07 Å². The summed E-state index contributed by atoms with van der Waals surface area (Å²) in [6, 6.07) is 11.3. The smallest absolute Gasteiger partial charge is 0.255 e. The van der Waals surface area contributed by atoms with Crippen molar-refractivity contribution in [2.75, 3.05) is 32.0 Å². The molecule has 2 aromatic rings. The molecule has 7 nitrogen and oxygen atoms in total. The first kappa shape index (κ1) is 23.3. The summed E-state index contributed by atoms with van der Waals surface area (Å²) >= 11 is 0. The average molecular weight is 465 g/mol. The number of pyridine rings is 1. The zero-order valence-electron chi connectivity index (χ0n) is 19.8. The number of ether oxygens (including phenoxy) is 1. The Bertz CT molecular complexity index is 982. The number of nitrogens with two attached hydrogens (primary N) is 1. The molecule has 3 aliphatic rings. The molecule has 1 unspecified atom stereocenters. The molecule has 1 aromatic heterocycles. The maximum Gasteiger partial charge on any atom is 0.255 e. The Morgan fingerprint density at radius 2 is 1.76 bits per heavy atom. The van der Waals surface area contributed by atoms with Crippen LogP contribution in [0.1, 0.15) is 66.8 Å². The Hall–Kier alpha value is -2.48. The van der Waals surface area contributed by atoms with E-state index < -0.39 is 0 Å². The number of hydrogen-bond acceptors (Lipinski definition) is 6. The number of nitrogens with one attached hydrogen (secondary N) is 1. The highest BCUT2D eigenvalue weighted by atomic mass is 16.5. The van der Waals surface area contributed by atoms with Gasteiger partial charge in [0.25, 0.3) is 5.91 Å². The van der Waals surface area contributed by atoms with Crippen LogP contribution >= 0.6 is 0 Å². The number of carbonyl (C=O) groups excluding carboxylic acids is 1. The van der Waals surface area contributed by atoms with Gasteiger partial charge in [0.15, 0.2) is 0 Å². The van der Waals surface area contributed by atoms with Gasteiger partial charge >= 0.3 is 0 Å². The van der Waals surface area contributed by atoms with Gasteiger partial charge in [0.05, 0.1) is 11.7 Å². The maximum absolute atomic E-state index is 12.9. The molecule has 3 fully saturated rings. The van der Waals surface area contributed by atoms with Crippen molar-refractivity contribution in [1.29, 1.82) is 0 Å². The summed E-state index contributed by atoms with van der Waals surface area (Å²) in [7, 11) is 0. The number of nitrogen functional groups attached to an aromatic ring is 1. The van der Waals surface area contributed by atoms with Gasteiger partial charge in [-0.1, -0.05) is 24.3 Å². The number of rotatable bonds is 5. The summed E-state index contributed by atoms with van der Waals surface area (Å²) in [6.45, 7) is 4.06. The van der Waals surface area contributed by atoms with Gasteiger partial charge in [0.1, 0.15) is 5.82 Å². The molecule has 1 aromatic carbocycles. The molecule has 1 atom stereocenters. The van der Waals surface area contributed by atoms with E-state index in [1.165, 1.54) is 12.0 Å². The molecule has 4 N–H and O–H groups in total. The van der Waals surface area contributed by atoms with Crippen molar-refractivity contribution in [2.24, 2.45) is 0 Å². The first-order chi connectivity index (χ1) is 16.6. The minimum absolute atomic E-state index is 0.0744. The van der Waals surface area contributed by atoms with E-state index in [0.29, 0.717) is 17.5 Å². The van der Waals surface area contributed by atoms with Crippen LogP contribution in [0.25, 0.3) is 11.1 Å². The summed E-state index contributed by atoms with van der Waals surface area (Å²) in [5.41, 5.74) is 9.76. The monoisotopic (exact) mass is 464 g/mol. The highest BCUT2D eigenvalue weighted by Crippen LogP contribution is 2.32. The minimum Gasteiger partial charge on any atom is -0.393 e. The van der Waals surface area contributed by atoms with Crippen LogP contribution in [0.4, 0.5) is 5.82 Å². The largest absolute Gasteiger partial charge is 0.393 e. The number of benzene rings is 1. The number of amides is 1. The Morgan fingerprint density at radius 1 is 1.03 bits per heavy atom. The lowest BCUT2D eigenvalue weighted by Gasteiger charge is -2.31. The molecule has 1 aliphatic carbocycles. The van der Waals surface area contributed by atoms with Crippen molar-refractivity contribution in [1.82, 2.24) is 15.2 Å². The van der Waals surface area contributed by atoms with Gasteiger partial charge in [-0.25, -0.2) is 4.98 Å². The third kappa shape index (κ3) is 5.27. The molecule has 0 bridgehead atoms. The lowest BCUT2D eigenvalue weighted by Crippen LogP contribution is -2.38. The van der Waals surface area contributed by atoms with Crippen molar-refractivity contribution < 1.29 is 14.6 Å². The lowest BCUT2D eigenvalue weighted by atomic mass is 9.93. The zero-order chi connectivity index (χ0) is 23.5. The predicted octanol–water partition coefficient (Wildman–Crippen LogP) is 3.33. The molecule has 3 heterocycles. The Labute approximate surface area is 201 Å². The van der Waals surface area contributed by atoms with Gasteiger partial charge in [-0.05, 0) is 74.6 Å². The molecule has 2 saturated heterocycles. The highest BCUT2D eigenvalue weighted by Gasteiger charge is 2.30. The molecule has 7 heteroatoms. The van der Waals surface area contributed by atoms with Crippen LogP contribution in [0, 0.1) is 0 Å². The molecule has 5 rings (SSSR count). The zero-order valence-corrected chi connectivity index (χ0v) is 19.8. The van der Waals surface area contributed by atoms with Crippen molar-refractivity contribution in [2.45, 2.75) is 69.1 Å². The van der Waals surface area contributed by atoms with Gasteiger partial charge < -0.3 is 20.9 Å². The van der Waals surface area contributed by atoms with Crippen LogP contribution in [0.2, 0.25) is 0 Å². The van der Waals surface area contributed by atoms with E-state index in [1.54, 1.807) is 6.20 Å². The van der Waals surface area contributed by atoms with E-state index in [9.17, 15) is 9.90 Å². The number of hydrogen-bond donors (Lipinski definition) is 3. The van der Waals surface area contributed by atoms with E-state index in [-0.39, 0.29) is 23.9 Å². The number of likely N-dealkylation sites (tertiary alicyclic amines) is 1. The molecule has 0 radical (unpaired) electrons. The molecule has 182 valence electrons. The summed E-state index contributed by atoms with van der Waals surface area (Å²) in [4.78, 5) is 19.8. The fourth-order valence-electron chi connectivity index (χ4n) is 5.69. The van der Waals surface area contributed by atoms with Gasteiger partial charge in [0.2, 0.25) is 0 Å². The SMILES string of the molecule is Nc1ncc(-c2ccc(C3CCN(C4CCOCC4)C3)cc2)cc1C(=O)N[C@H]1CC[C@@H](O)CC1. The molecule has 34 heavy (non-hydrogen) atoms. The van der Waals surface area contributed by atoms with Crippen LogP contribution < -0.4 is 11.1 Å². The molecule has 0 spiro atoms. The first-order valence-corrected chi connectivity index (χ1v) is 12.7. The van der Waals surface area contributed by atoms with E-state index in [4.69, 9.17) is 10.5 Å². The van der Waals surface area contributed by atoms with Crippen molar-refractivity contribution in [3.63, 3.8) is 0 Å². The minimum atomic E-state index is -0.250. The van der Waals surface area contributed by atoms with Crippen LogP contribution in [-0.2, 0) is 4.74 Å². The second kappa shape index (κ2) is 10.4. The Morgan fingerprint density at radius 3 is 2.50 bits per heavy atom.